The first-order valence-corrected chi connectivity index (χ1v) is 9.04. The highest BCUT2D eigenvalue weighted by molar-refractivity contribution is 6.31. The lowest BCUT2D eigenvalue weighted by Crippen LogP contribution is -2.51. The van der Waals surface area contributed by atoms with Crippen LogP contribution in [0.25, 0.3) is 0 Å². The van der Waals surface area contributed by atoms with E-state index in [1.165, 1.54) is 11.1 Å². The minimum absolute atomic E-state index is 0.0186. The maximum atomic E-state index is 12.3. The number of hydrogen-bond donors (Lipinski definition) is 1. The molecule has 2 aromatic carbocycles. The fourth-order valence-electron chi connectivity index (χ4n) is 2.99. The van der Waals surface area contributed by atoms with E-state index in [1.807, 2.05) is 29.2 Å². The zero-order chi connectivity index (χ0) is 17.6. The smallest absolute Gasteiger partial charge is 0.317 e. The molecule has 5 heteroatoms. The molecule has 0 bridgehead atoms. The Morgan fingerprint density at radius 1 is 1.04 bits per heavy atom. The van der Waals surface area contributed by atoms with Gasteiger partial charge in [0.2, 0.25) is 0 Å². The average Bonchev–Trinajstić information content (AvgIpc) is 2.63. The predicted octanol–water partition coefficient (Wildman–Crippen LogP) is 3.68. The summed E-state index contributed by atoms with van der Waals surface area (Å²) in [6.07, 6.45) is 0. The molecule has 2 aromatic rings. The van der Waals surface area contributed by atoms with E-state index in [0.29, 0.717) is 11.6 Å². The van der Waals surface area contributed by atoms with E-state index < -0.39 is 0 Å². The molecule has 0 aromatic heterocycles. The average molecular weight is 358 g/mol. The maximum absolute atomic E-state index is 12.3. The van der Waals surface area contributed by atoms with Crippen molar-refractivity contribution in [3.63, 3.8) is 0 Å². The lowest BCUT2D eigenvalue weighted by Gasteiger charge is -2.34. The van der Waals surface area contributed by atoms with Crippen LogP contribution in [0.2, 0.25) is 5.02 Å². The Labute approximate surface area is 154 Å². The topological polar surface area (TPSA) is 35.6 Å². The summed E-state index contributed by atoms with van der Waals surface area (Å²) >= 11 is 6.13. The second-order valence-corrected chi connectivity index (χ2v) is 6.91. The summed E-state index contributed by atoms with van der Waals surface area (Å²) in [5, 5.41) is 3.65. The van der Waals surface area contributed by atoms with Crippen LogP contribution in [0.1, 0.15) is 16.7 Å². The minimum atomic E-state index is -0.0186. The van der Waals surface area contributed by atoms with Gasteiger partial charge in [0.1, 0.15) is 0 Å². The highest BCUT2D eigenvalue weighted by Crippen LogP contribution is 2.15. The van der Waals surface area contributed by atoms with Crippen molar-refractivity contribution >= 4 is 17.6 Å². The molecule has 4 nitrogen and oxygen atoms in total. The molecule has 3 rings (SSSR count). The van der Waals surface area contributed by atoms with Crippen LogP contribution in [-0.2, 0) is 13.1 Å². The van der Waals surface area contributed by atoms with Crippen LogP contribution in [-0.4, -0.2) is 42.0 Å². The molecule has 0 spiro atoms. The van der Waals surface area contributed by atoms with E-state index >= 15 is 0 Å². The number of urea groups is 1. The summed E-state index contributed by atoms with van der Waals surface area (Å²) < 4.78 is 0. The molecule has 132 valence electrons. The van der Waals surface area contributed by atoms with Crippen molar-refractivity contribution in [2.75, 3.05) is 26.2 Å². The lowest BCUT2D eigenvalue weighted by molar-refractivity contribution is 0.135. The van der Waals surface area contributed by atoms with Gasteiger partial charge in [0.25, 0.3) is 0 Å². The van der Waals surface area contributed by atoms with Crippen LogP contribution in [0.3, 0.4) is 0 Å². The van der Waals surface area contributed by atoms with Crippen molar-refractivity contribution in [2.45, 2.75) is 20.0 Å². The molecule has 1 N–H and O–H groups in total. The number of carbonyl (C=O) groups is 1. The zero-order valence-corrected chi connectivity index (χ0v) is 15.3. The zero-order valence-electron chi connectivity index (χ0n) is 14.5. The van der Waals surface area contributed by atoms with Crippen LogP contribution >= 0.6 is 11.6 Å². The van der Waals surface area contributed by atoms with Crippen LogP contribution in [0.5, 0.6) is 0 Å². The summed E-state index contributed by atoms with van der Waals surface area (Å²) in [5.41, 5.74) is 3.54. The van der Waals surface area contributed by atoms with Gasteiger partial charge in [-0.2, -0.15) is 0 Å². The number of halogens is 1. The highest BCUT2D eigenvalue weighted by Gasteiger charge is 2.21. The number of carbonyl (C=O) groups excluding carboxylic acids is 1. The molecule has 25 heavy (non-hydrogen) atoms. The van der Waals surface area contributed by atoms with E-state index in [2.05, 4.69) is 41.4 Å². The molecule has 1 heterocycles. The van der Waals surface area contributed by atoms with E-state index in [1.54, 1.807) is 0 Å². The molecule has 1 aliphatic heterocycles. The SMILES string of the molecule is Cc1ccc(CN2CCN(C(=O)NCc3ccccc3Cl)CC2)cc1. The Balaban J connectivity index is 1.44. The molecule has 2 amide bonds. The van der Waals surface area contributed by atoms with Gasteiger partial charge in [0.05, 0.1) is 0 Å². The number of rotatable bonds is 4. The van der Waals surface area contributed by atoms with Gasteiger partial charge in [-0.1, -0.05) is 59.6 Å². The Morgan fingerprint density at radius 2 is 1.72 bits per heavy atom. The Morgan fingerprint density at radius 3 is 2.40 bits per heavy atom. The molecular weight excluding hydrogens is 334 g/mol. The number of benzene rings is 2. The molecule has 0 radical (unpaired) electrons. The van der Waals surface area contributed by atoms with Gasteiger partial charge in [-0.25, -0.2) is 4.79 Å². The van der Waals surface area contributed by atoms with Crippen molar-refractivity contribution in [1.82, 2.24) is 15.1 Å². The summed E-state index contributed by atoms with van der Waals surface area (Å²) in [7, 11) is 0. The number of amides is 2. The number of piperazine rings is 1. The Kier molecular flexibility index (Phi) is 5.95. The third-order valence-electron chi connectivity index (χ3n) is 4.57. The van der Waals surface area contributed by atoms with E-state index in [0.717, 1.165) is 38.3 Å². The van der Waals surface area contributed by atoms with Gasteiger partial charge in [-0.15, -0.1) is 0 Å². The first kappa shape index (κ1) is 17.8. The second-order valence-electron chi connectivity index (χ2n) is 6.50. The highest BCUT2D eigenvalue weighted by atomic mass is 35.5. The van der Waals surface area contributed by atoms with Gasteiger partial charge in [-0.3, -0.25) is 4.90 Å². The minimum Gasteiger partial charge on any atom is -0.334 e. The molecule has 1 fully saturated rings. The molecule has 0 saturated carbocycles. The molecule has 1 aliphatic rings. The summed E-state index contributed by atoms with van der Waals surface area (Å²) in [4.78, 5) is 16.6. The van der Waals surface area contributed by atoms with Crippen LogP contribution in [0, 0.1) is 6.92 Å². The van der Waals surface area contributed by atoms with Crippen LogP contribution in [0.15, 0.2) is 48.5 Å². The number of nitrogens with one attached hydrogen (secondary N) is 1. The summed E-state index contributed by atoms with van der Waals surface area (Å²) in [5.74, 6) is 0. The van der Waals surface area contributed by atoms with Crippen molar-refractivity contribution in [2.24, 2.45) is 0 Å². The maximum Gasteiger partial charge on any atom is 0.317 e. The first-order chi connectivity index (χ1) is 12.1. The van der Waals surface area contributed by atoms with Crippen molar-refractivity contribution in [1.29, 1.82) is 0 Å². The number of hydrogen-bond acceptors (Lipinski definition) is 2. The normalized spacial score (nSPS) is 15.2. The summed E-state index contributed by atoms with van der Waals surface area (Å²) in [6.45, 7) is 6.79. The van der Waals surface area contributed by atoms with Gasteiger partial charge >= 0.3 is 6.03 Å². The van der Waals surface area contributed by atoms with Crippen LogP contribution in [0.4, 0.5) is 4.79 Å². The van der Waals surface area contributed by atoms with Crippen molar-refractivity contribution < 1.29 is 4.79 Å². The molecule has 0 atom stereocenters. The Bertz CT molecular complexity index is 709. The van der Waals surface area contributed by atoms with Crippen LogP contribution < -0.4 is 5.32 Å². The quantitative estimate of drug-likeness (QED) is 0.906. The largest absolute Gasteiger partial charge is 0.334 e. The van der Waals surface area contributed by atoms with Gasteiger partial charge < -0.3 is 10.2 Å². The number of nitrogens with zero attached hydrogens (tertiary/aromatic N) is 2. The molecular formula is C20H24ClN3O. The van der Waals surface area contributed by atoms with Crippen molar-refractivity contribution in [3.05, 3.63) is 70.2 Å². The molecule has 1 saturated heterocycles. The van der Waals surface area contributed by atoms with Gasteiger partial charge in [0.15, 0.2) is 0 Å². The third-order valence-corrected chi connectivity index (χ3v) is 4.94. The fraction of sp³-hybridized carbons (Fsp3) is 0.350. The summed E-state index contributed by atoms with van der Waals surface area (Å²) in [6, 6.07) is 16.2. The first-order valence-electron chi connectivity index (χ1n) is 8.66. The van der Waals surface area contributed by atoms with E-state index in [9.17, 15) is 4.79 Å². The fourth-order valence-corrected chi connectivity index (χ4v) is 3.19. The standard InChI is InChI=1S/C20H24ClN3O/c1-16-6-8-17(9-7-16)15-23-10-12-24(13-11-23)20(25)22-14-18-4-2-3-5-19(18)21/h2-9H,10-15H2,1H3,(H,22,25). The molecule has 0 unspecified atom stereocenters. The van der Waals surface area contributed by atoms with E-state index in [-0.39, 0.29) is 6.03 Å². The van der Waals surface area contributed by atoms with Gasteiger partial charge in [0, 0.05) is 44.3 Å². The molecule has 0 aliphatic carbocycles. The Hall–Kier alpha value is -2.04. The van der Waals surface area contributed by atoms with E-state index in [4.69, 9.17) is 11.6 Å². The van der Waals surface area contributed by atoms with Crippen molar-refractivity contribution in [3.8, 4) is 0 Å². The predicted molar refractivity (Wildman–Crippen MR) is 102 cm³/mol. The van der Waals surface area contributed by atoms with Gasteiger partial charge in [-0.05, 0) is 24.1 Å². The monoisotopic (exact) mass is 357 g/mol. The second kappa shape index (κ2) is 8.37. The number of aryl methyl sites for hydroxylation is 1. The lowest BCUT2D eigenvalue weighted by atomic mass is 10.1. The third kappa shape index (κ3) is 4.97.